The number of carbonyl (C=O) groups is 2. The van der Waals surface area contributed by atoms with Crippen LogP contribution in [0.1, 0.15) is 29.4 Å². The molecule has 0 spiro atoms. The summed E-state index contributed by atoms with van der Waals surface area (Å²) in [6.07, 6.45) is 5.51. The van der Waals surface area contributed by atoms with Gasteiger partial charge in [-0.15, -0.1) is 0 Å². The highest BCUT2D eigenvalue weighted by atomic mass is 35.5. The molecule has 3 rings (SSSR count). The molecule has 0 aliphatic heterocycles. The summed E-state index contributed by atoms with van der Waals surface area (Å²) < 4.78 is 1.77. The smallest absolute Gasteiger partial charge is 0.253 e. The Hall–Kier alpha value is -2.83. The van der Waals surface area contributed by atoms with Gasteiger partial charge in [0.25, 0.3) is 5.91 Å². The maximum Gasteiger partial charge on any atom is 0.253 e. The molecule has 2 N–H and O–H groups in total. The first-order valence-electron chi connectivity index (χ1n) is 8.69. The van der Waals surface area contributed by atoms with E-state index in [2.05, 4.69) is 15.6 Å². The van der Waals surface area contributed by atoms with E-state index in [1.807, 2.05) is 25.1 Å². The largest absolute Gasteiger partial charge is 0.352 e. The van der Waals surface area contributed by atoms with Crippen molar-refractivity contribution in [1.29, 1.82) is 0 Å². The predicted octanol–water partition coefficient (Wildman–Crippen LogP) is 4.43. The van der Waals surface area contributed by atoms with E-state index in [0.717, 1.165) is 6.42 Å². The molecule has 0 aliphatic rings. The number of nitrogens with one attached hydrogen (secondary N) is 2. The minimum absolute atomic E-state index is 0.275. The number of imidazole rings is 1. The highest BCUT2D eigenvalue weighted by Crippen LogP contribution is 2.22. The van der Waals surface area contributed by atoms with Crippen LogP contribution in [0.15, 0.2) is 48.7 Å². The molecule has 0 unspecified atom stereocenters. The highest BCUT2D eigenvalue weighted by molar-refractivity contribution is 6.31. The summed E-state index contributed by atoms with van der Waals surface area (Å²) in [5, 5.41) is 6.18. The van der Waals surface area contributed by atoms with Crippen LogP contribution >= 0.6 is 23.2 Å². The van der Waals surface area contributed by atoms with Crippen LogP contribution in [-0.4, -0.2) is 27.7 Å². The number of halogens is 2. The predicted molar refractivity (Wildman–Crippen MR) is 112 cm³/mol. The van der Waals surface area contributed by atoms with Gasteiger partial charge in [0, 0.05) is 23.8 Å². The topological polar surface area (TPSA) is 75.5 Å². The molecule has 28 heavy (non-hydrogen) atoms. The van der Waals surface area contributed by atoms with Crippen LogP contribution in [-0.2, 0) is 4.79 Å². The molecule has 2 amide bonds. The van der Waals surface area contributed by atoms with Crippen LogP contribution in [0.25, 0.3) is 11.7 Å². The van der Waals surface area contributed by atoms with E-state index in [1.54, 1.807) is 28.8 Å². The Morgan fingerprint density at radius 3 is 2.82 bits per heavy atom. The van der Waals surface area contributed by atoms with Crippen molar-refractivity contribution in [3.63, 3.8) is 0 Å². The lowest BCUT2D eigenvalue weighted by atomic mass is 10.1. The average molecular weight is 417 g/mol. The third kappa shape index (κ3) is 4.52. The Morgan fingerprint density at radius 1 is 1.21 bits per heavy atom. The van der Waals surface area contributed by atoms with Gasteiger partial charge in [0.2, 0.25) is 5.91 Å². The van der Waals surface area contributed by atoms with Gasteiger partial charge in [-0.3, -0.25) is 14.0 Å². The number of aromatic nitrogens is 2. The van der Waals surface area contributed by atoms with Crippen molar-refractivity contribution in [2.75, 3.05) is 11.9 Å². The average Bonchev–Trinajstić information content (AvgIpc) is 2.99. The molecule has 6 nitrogen and oxygen atoms in total. The Morgan fingerprint density at radius 2 is 2.04 bits per heavy atom. The number of hydrogen-bond acceptors (Lipinski definition) is 3. The first-order valence-corrected chi connectivity index (χ1v) is 9.44. The Balaban J connectivity index is 1.81. The summed E-state index contributed by atoms with van der Waals surface area (Å²) in [7, 11) is 0. The highest BCUT2D eigenvalue weighted by Gasteiger charge is 2.13. The van der Waals surface area contributed by atoms with Crippen LogP contribution in [0.2, 0.25) is 10.2 Å². The molecule has 0 saturated heterocycles. The van der Waals surface area contributed by atoms with E-state index in [9.17, 15) is 9.59 Å². The van der Waals surface area contributed by atoms with Crippen molar-refractivity contribution >= 4 is 52.4 Å². The van der Waals surface area contributed by atoms with Gasteiger partial charge in [-0.25, -0.2) is 4.98 Å². The molecule has 1 aromatic carbocycles. The van der Waals surface area contributed by atoms with Gasteiger partial charge in [0.15, 0.2) is 5.15 Å². The zero-order valence-electron chi connectivity index (χ0n) is 15.1. The SMILES string of the molecule is CCCNC(=O)c1ccc(Cl)cc1NC(=O)/C=C/c1c(Cl)nc2ccccn12. The number of rotatable bonds is 6. The second-order valence-corrected chi connectivity index (χ2v) is 6.78. The number of pyridine rings is 1. The molecule has 0 aliphatic carbocycles. The number of carbonyl (C=O) groups excluding carboxylic acids is 2. The first-order chi connectivity index (χ1) is 13.5. The zero-order chi connectivity index (χ0) is 20.1. The van der Waals surface area contributed by atoms with E-state index in [1.165, 1.54) is 12.1 Å². The fourth-order valence-corrected chi connectivity index (χ4v) is 3.03. The van der Waals surface area contributed by atoms with Gasteiger partial charge in [-0.1, -0.05) is 36.2 Å². The van der Waals surface area contributed by atoms with Crippen LogP contribution in [0.5, 0.6) is 0 Å². The molecule has 2 heterocycles. The molecule has 0 atom stereocenters. The summed E-state index contributed by atoms with van der Waals surface area (Å²) in [4.78, 5) is 28.9. The van der Waals surface area contributed by atoms with E-state index in [4.69, 9.17) is 23.2 Å². The molecule has 3 aromatic rings. The van der Waals surface area contributed by atoms with Crippen LogP contribution in [0.4, 0.5) is 5.69 Å². The van der Waals surface area contributed by atoms with Crippen molar-refractivity contribution < 1.29 is 9.59 Å². The van der Waals surface area contributed by atoms with Gasteiger partial charge in [-0.05, 0) is 42.8 Å². The van der Waals surface area contributed by atoms with Crippen molar-refractivity contribution in [3.05, 3.63) is 70.1 Å². The summed E-state index contributed by atoms with van der Waals surface area (Å²) in [6, 6.07) is 10.2. The minimum atomic E-state index is -0.422. The van der Waals surface area contributed by atoms with Gasteiger partial charge in [0.05, 0.1) is 16.9 Å². The molecule has 0 radical (unpaired) electrons. The third-order valence-corrected chi connectivity index (χ3v) is 4.45. The van der Waals surface area contributed by atoms with Crippen LogP contribution < -0.4 is 10.6 Å². The summed E-state index contributed by atoms with van der Waals surface area (Å²) in [6.45, 7) is 2.50. The summed E-state index contributed by atoms with van der Waals surface area (Å²) in [5.74, 6) is -0.698. The lowest BCUT2D eigenvalue weighted by Gasteiger charge is -2.10. The van der Waals surface area contributed by atoms with Gasteiger partial charge >= 0.3 is 0 Å². The van der Waals surface area contributed by atoms with Crippen molar-refractivity contribution in [2.24, 2.45) is 0 Å². The molecular formula is C20H18Cl2N4O2. The molecule has 8 heteroatoms. The van der Waals surface area contributed by atoms with Crippen LogP contribution in [0, 0.1) is 0 Å². The molecule has 0 fully saturated rings. The van der Waals surface area contributed by atoms with E-state index in [0.29, 0.717) is 34.2 Å². The lowest BCUT2D eigenvalue weighted by Crippen LogP contribution is -2.25. The molecular weight excluding hydrogens is 399 g/mol. The number of hydrogen-bond donors (Lipinski definition) is 2. The van der Waals surface area contributed by atoms with E-state index >= 15 is 0 Å². The van der Waals surface area contributed by atoms with Gasteiger partial charge < -0.3 is 10.6 Å². The summed E-state index contributed by atoms with van der Waals surface area (Å²) >= 11 is 12.2. The van der Waals surface area contributed by atoms with Gasteiger partial charge in [-0.2, -0.15) is 0 Å². The van der Waals surface area contributed by atoms with Crippen molar-refractivity contribution in [2.45, 2.75) is 13.3 Å². The van der Waals surface area contributed by atoms with E-state index in [-0.39, 0.29) is 11.1 Å². The molecule has 144 valence electrons. The van der Waals surface area contributed by atoms with Crippen molar-refractivity contribution in [1.82, 2.24) is 14.7 Å². The molecule has 0 bridgehead atoms. The Bertz CT molecular complexity index is 1060. The number of fused-ring (bicyclic) bond motifs is 1. The second-order valence-electron chi connectivity index (χ2n) is 5.99. The number of amides is 2. The van der Waals surface area contributed by atoms with Crippen LogP contribution in [0.3, 0.4) is 0 Å². The zero-order valence-corrected chi connectivity index (χ0v) is 16.6. The fourth-order valence-electron chi connectivity index (χ4n) is 2.62. The Kier molecular flexibility index (Phi) is 6.34. The second kappa shape index (κ2) is 8.91. The monoisotopic (exact) mass is 416 g/mol. The molecule has 2 aromatic heterocycles. The number of benzene rings is 1. The van der Waals surface area contributed by atoms with E-state index < -0.39 is 5.91 Å². The maximum atomic E-state index is 12.4. The number of anilines is 1. The molecule has 0 saturated carbocycles. The van der Waals surface area contributed by atoms with Crippen molar-refractivity contribution in [3.8, 4) is 0 Å². The third-order valence-electron chi connectivity index (χ3n) is 3.93. The maximum absolute atomic E-state index is 12.4. The Labute approximate surface area is 172 Å². The standard InChI is InChI=1S/C20H18Cl2N4O2/c1-2-10-23-20(28)14-7-6-13(21)12-15(14)24-18(27)9-8-16-19(22)25-17-5-3-4-11-26(16)17/h3-9,11-12H,2,10H2,1H3,(H,23,28)(H,24,27)/b9-8+. The number of nitrogens with zero attached hydrogens (tertiary/aromatic N) is 2. The quantitative estimate of drug-likeness (QED) is 0.583. The normalized spacial score (nSPS) is 11.1. The minimum Gasteiger partial charge on any atom is -0.352 e. The fraction of sp³-hybridized carbons (Fsp3) is 0.150. The van der Waals surface area contributed by atoms with Gasteiger partial charge in [0.1, 0.15) is 5.65 Å². The first kappa shape index (κ1) is 19.9. The lowest BCUT2D eigenvalue weighted by molar-refractivity contribution is -0.111. The summed E-state index contributed by atoms with van der Waals surface area (Å²) in [5.41, 5.74) is 1.93.